The van der Waals surface area contributed by atoms with Gasteiger partial charge in [0.1, 0.15) is 15.8 Å². The molecular formula is C15H9NO4S2. The largest absolute Gasteiger partial charge is 0.478 e. The molecular weight excluding hydrogens is 322 g/mol. The van der Waals surface area contributed by atoms with Crippen molar-refractivity contribution in [1.29, 1.82) is 0 Å². The quantitative estimate of drug-likeness (QED) is 0.664. The van der Waals surface area contributed by atoms with E-state index in [1.807, 2.05) is 0 Å². The Morgan fingerprint density at radius 2 is 2.05 bits per heavy atom. The number of thiocarbonyl (C=S) groups is 1. The minimum absolute atomic E-state index is 0.158. The third-order valence-electron chi connectivity index (χ3n) is 2.97. The molecule has 1 aromatic heterocycles. The van der Waals surface area contributed by atoms with Crippen molar-refractivity contribution in [3.05, 3.63) is 52.6 Å². The van der Waals surface area contributed by atoms with E-state index in [-0.39, 0.29) is 11.5 Å². The second kappa shape index (κ2) is 5.78. The first kappa shape index (κ1) is 14.6. The lowest BCUT2D eigenvalue weighted by molar-refractivity contribution is -0.115. The van der Waals surface area contributed by atoms with Crippen molar-refractivity contribution < 1.29 is 19.1 Å². The molecule has 1 fully saturated rings. The molecule has 22 heavy (non-hydrogen) atoms. The van der Waals surface area contributed by atoms with E-state index in [0.29, 0.717) is 26.3 Å². The summed E-state index contributed by atoms with van der Waals surface area (Å²) in [7, 11) is 0. The van der Waals surface area contributed by atoms with Crippen molar-refractivity contribution in [1.82, 2.24) is 5.32 Å². The summed E-state index contributed by atoms with van der Waals surface area (Å²) in [5, 5.41) is 11.7. The normalized spacial score (nSPS) is 16.1. The molecule has 7 heteroatoms. The predicted octanol–water partition coefficient (Wildman–Crippen LogP) is 3.13. The lowest BCUT2D eigenvalue weighted by Crippen LogP contribution is -2.17. The molecule has 1 saturated heterocycles. The van der Waals surface area contributed by atoms with Gasteiger partial charge in [0.25, 0.3) is 5.91 Å². The smallest absolute Gasteiger partial charge is 0.336 e. The molecule has 0 atom stereocenters. The molecule has 0 aliphatic carbocycles. The summed E-state index contributed by atoms with van der Waals surface area (Å²) >= 11 is 6.07. The van der Waals surface area contributed by atoms with Crippen LogP contribution in [0, 0.1) is 0 Å². The number of furan rings is 1. The van der Waals surface area contributed by atoms with Crippen LogP contribution in [0.4, 0.5) is 0 Å². The van der Waals surface area contributed by atoms with Gasteiger partial charge in [-0.25, -0.2) is 4.79 Å². The molecule has 0 unspecified atom stereocenters. The van der Waals surface area contributed by atoms with Crippen molar-refractivity contribution in [2.24, 2.45) is 0 Å². The van der Waals surface area contributed by atoms with Crippen LogP contribution in [-0.2, 0) is 4.79 Å². The summed E-state index contributed by atoms with van der Waals surface area (Å²) in [6, 6.07) is 9.92. The number of nitrogens with one attached hydrogen (secondary N) is 1. The average Bonchev–Trinajstić information content (AvgIpc) is 3.06. The second-order valence-corrected chi connectivity index (χ2v) is 6.12. The van der Waals surface area contributed by atoms with Crippen LogP contribution in [0.2, 0.25) is 0 Å². The highest BCUT2D eigenvalue weighted by Crippen LogP contribution is 2.30. The van der Waals surface area contributed by atoms with Gasteiger partial charge in [0, 0.05) is 11.6 Å². The maximum Gasteiger partial charge on any atom is 0.336 e. The van der Waals surface area contributed by atoms with Crippen LogP contribution in [-0.4, -0.2) is 21.3 Å². The number of carboxylic acid groups (broad SMARTS) is 1. The number of carboxylic acids is 1. The summed E-state index contributed by atoms with van der Waals surface area (Å²) in [5.41, 5.74) is 0.643. The zero-order valence-corrected chi connectivity index (χ0v) is 12.7. The Bertz CT molecular complexity index is 822. The van der Waals surface area contributed by atoms with Gasteiger partial charge in [0.15, 0.2) is 0 Å². The summed E-state index contributed by atoms with van der Waals surface area (Å²) in [5.74, 6) is -0.407. The number of amides is 1. The number of hydrogen-bond acceptors (Lipinski definition) is 5. The fraction of sp³-hybridized carbons (Fsp3) is 0. The number of aromatic carboxylic acids is 1. The van der Waals surface area contributed by atoms with Crippen LogP contribution in [0.5, 0.6) is 0 Å². The highest BCUT2D eigenvalue weighted by Gasteiger charge is 2.22. The summed E-state index contributed by atoms with van der Waals surface area (Å²) in [6.45, 7) is 0. The fourth-order valence-electron chi connectivity index (χ4n) is 2.01. The van der Waals surface area contributed by atoms with Crippen LogP contribution in [0.15, 0.2) is 45.7 Å². The number of hydrogen-bond donors (Lipinski definition) is 2. The topological polar surface area (TPSA) is 79.5 Å². The van der Waals surface area contributed by atoms with E-state index in [0.717, 1.165) is 11.8 Å². The first-order valence-corrected chi connectivity index (χ1v) is 7.44. The molecule has 0 radical (unpaired) electrons. The Kier molecular flexibility index (Phi) is 3.82. The molecule has 3 rings (SSSR count). The lowest BCUT2D eigenvalue weighted by Gasteiger charge is -2.01. The molecule has 0 spiro atoms. The minimum atomic E-state index is -1.03. The molecule has 1 aliphatic heterocycles. The van der Waals surface area contributed by atoms with Crippen LogP contribution >= 0.6 is 24.0 Å². The van der Waals surface area contributed by atoms with Crippen molar-refractivity contribution in [3.8, 4) is 11.3 Å². The molecule has 1 aliphatic rings. The number of thioether (sulfide) groups is 1. The molecule has 0 bridgehead atoms. The Morgan fingerprint density at radius 1 is 1.27 bits per heavy atom. The number of benzene rings is 1. The van der Waals surface area contributed by atoms with Crippen molar-refractivity contribution in [2.75, 3.05) is 0 Å². The van der Waals surface area contributed by atoms with E-state index in [9.17, 15) is 14.7 Å². The van der Waals surface area contributed by atoms with E-state index in [1.165, 1.54) is 6.07 Å². The Balaban J connectivity index is 1.95. The van der Waals surface area contributed by atoms with Gasteiger partial charge >= 0.3 is 5.97 Å². The number of carbonyl (C=O) groups excluding carboxylic acids is 1. The van der Waals surface area contributed by atoms with Gasteiger partial charge in [0.2, 0.25) is 0 Å². The van der Waals surface area contributed by atoms with Gasteiger partial charge in [0.05, 0.1) is 10.5 Å². The summed E-state index contributed by atoms with van der Waals surface area (Å²) in [6.07, 6.45) is 1.58. The SMILES string of the molecule is O=C1NC(=S)S/C1=C\c1ccc(-c2ccccc2C(=O)O)o1. The Labute approximate surface area is 135 Å². The molecule has 1 amide bonds. The third-order valence-corrected chi connectivity index (χ3v) is 4.13. The predicted molar refractivity (Wildman–Crippen MR) is 87.4 cm³/mol. The van der Waals surface area contributed by atoms with Crippen LogP contribution in [0.1, 0.15) is 16.1 Å². The van der Waals surface area contributed by atoms with E-state index >= 15 is 0 Å². The van der Waals surface area contributed by atoms with Crippen LogP contribution < -0.4 is 5.32 Å². The van der Waals surface area contributed by atoms with Crippen LogP contribution in [0.3, 0.4) is 0 Å². The first-order valence-electron chi connectivity index (χ1n) is 6.22. The van der Waals surface area contributed by atoms with E-state index in [4.69, 9.17) is 16.6 Å². The molecule has 110 valence electrons. The first-order chi connectivity index (χ1) is 10.5. The van der Waals surface area contributed by atoms with Crippen molar-refractivity contribution in [3.63, 3.8) is 0 Å². The zero-order chi connectivity index (χ0) is 15.7. The maximum absolute atomic E-state index is 11.6. The Morgan fingerprint density at radius 3 is 2.73 bits per heavy atom. The van der Waals surface area contributed by atoms with Gasteiger partial charge in [-0.05, 0) is 18.2 Å². The number of rotatable bonds is 3. The van der Waals surface area contributed by atoms with Crippen molar-refractivity contribution >= 4 is 46.3 Å². The zero-order valence-electron chi connectivity index (χ0n) is 11.0. The van der Waals surface area contributed by atoms with Crippen LogP contribution in [0.25, 0.3) is 17.4 Å². The molecule has 5 nitrogen and oxygen atoms in total. The van der Waals surface area contributed by atoms with E-state index < -0.39 is 5.97 Å². The van der Waals surface area contributed by atoms with Gasteiger partial charge in [-0.3, -0.25) is 4.79 Å². The fourth-order valence-corrected chi connectivity index (χ4v) is 3.03. The second-order valence-electron chi connectivity index (χ2n) is 4.40. The van der Waals surface area contributed by atoms with E-state index in [2.05, 4.69) is 5.32 Å². The van der Waals surface area contributed by atoms with Gasteiger partial charge in [-0.2, -0.15) is 0 Å². The summed E-state index contributed by atoms with van der Waals surface area (Å²) < 4.78 is 6.03. The van der Waals surface area contributed by atoms with E-state index in [1.54, 1.807) is 36.4 Å². The molecule has 1 aromatic carbocycles. The molecule has 2 aromatic rings. The standard InChI is InChI=1S/C15H9NO4S2/c17-13-12(22-15(21)16-13)7-8-5-6-11(20-8)9-3-1-2-4-10(9)14(18)19/h1-7H,(H,18,19)(H,16,17,21)/b12-7-. The van der Waals surface area contributed by atoms with Crippen molar-refractivity contribution in [2.45, 2.75) is 0 Å². The lowest BCUT2D eigenvalue weighted by atomic mass is 10.1. The maximum atomic E-state index is 11.6. The van der Waals surface area contributed by atoms with Gasteiger partial charge in [-0.1, -0.05) is 42.2 Å². The summed E-state index contributed by atoms with van der Waals surface area (Å²) in [4.78, 5) is 23.3. The third kappa shape index (κ3) is 2.81. The van der Waals surface area contributed by atoms with Gasteiger partial charge in [-0.15, -0.1) is 0 Å². The minimum Gasteiger partial charge on any atom is -0.478 e. The highest BCUT2D eigenvalue weighted by atomic mass is 32.2. The Hall–Kier alpha value is -2.38. The molecule has 2 N–H and O–H groups in total. The average molecular weight is 331 g/mol. The molecule has 2 heterocycles. The van der Waals surface area contributed by atoms with Gasteiger partial charge < -0.3 is 14.8 Å². The highest BCUT2D eigenvalue weighted by molar-refractivity contribution is 8.26. The monoisotopic (exact) mass is 331 g/mol. The molecule has 0 saturated carbocycles. The number of carbonyl (C=O) groups is 2.